The van der Waals surface area contributed by atoms with Crippen molar-refractivity contribution in [2.24, 2.45) is 11.8 Å². The molecule has 1 saturated heterocycles. The monoisotopic (exact) mass is 492 g/mol. The number of hydrogen-bond acceptors (Lipinski definition) is 4. The SMILES string of the molecule is CCC(C)C(=O)OC1(C(F)(F)F)OC(C(F)(F)F)C(F)(F)C(O)(C2CCCCC2)C1(F)F. The van der Waals surface area contributed by atoms with E-state index in [4.69, 9.17) is 0 Å². The first kappa shape index (κ1) is 26.9. The van der Waals surface area contributed by atoms with Gasteiger partial charge in [0.25, 0.3) is 0 Å². The minimum atomic E-state index is -6.62. The molecule has 14 heteroatoms. The number of halogens is 10. The van der Waals surface area contributed by atoms with Crippen LogP contribution in [0.3, 0.4) is 0 Å². The van der Waals surface area contributed by atoms with Crippen LogP contribution in [0.1, 0.15) is 52.4 Å². The lowest BCUT2D eigenvalue weighted by molar-refractivity contribution is -0.537. The summed E-state index contributed by atoms with van der Waals surface area (Å²) in [4.78, 5) is 12.0. The molecule has 2 rings (SSSR count). The van der Waals surface area contributed by atoms with Crippen molar-refractivity contribution < 1.29 is 63.3 Å². The molecular formula is C18H22F10O4. The molecule has 1 N–H and O–H groups in total. The van der Waals surface area contributed by atoms with E-state index in [0.29, 0.717) is 0 Å². The third kappa shape index (κ3) is 3.74. The highest BCUT2D eigenvalue weighted by atomic mass is 19.4. The molecule has 4 atom stereocenters. The second-order valence-electron chi connectivity index (χ2n) is 8.18. The summed E-state index contributed by atoms with van der Waals surface area (Å²) < 4.78 is 150. The Labute approximate surface area is 176 Å². The Morgan fingerprint density at radius 1 is 1.06 bits per heavy atom. The van der Waals surface area contributed by atoms with Gasteiger partial charge in [-0.2, -0.15) is 43.9 Å². The normalized spacial score (nSPS) is 34.7. The summed E-state index contributed by atoms with van der Waals surface area (Å²) in [7, 11) is 0. The van der Waals surface area contributed by atoms with Crippen LogP contribution < -0.4 is 0 Å². The first-order chi connectivity index (χ1) is 14.3. The third-order valence-electron chi connectivity index (χ3n) is 6.14. The molecule has 0 aromatic heterocycles. The predicted molar refractivity (Wildman–Crippen MR) is 86.7 cm³/mol. The second kappa shape index (κ2) is 8.17. The van der Waals surface area contributed by atoms with Crippen molar-refractivity contribution in [1.82, 2.24) is 0 Å². The number of carbonyl (C=O) groups excluding carboxylic acids is 1. The summed E-state index contributed by atoms with van der Waals surface area (Å²) >= 11 is 0. The van der Waals surface area contributed by atoms with E-state index >= 15 is 8.78 Å². The van der Waals surface area contributed by atoms with Crippen LogP contribution in [0, 0.1) is 11.8 Å². The van der Waals surface area contributed by atoms with Crippen molar-refractivity contribution in [1.29, 1.82) is 0 Å². The fraction of sp³-hybridized carbons (Fsp3) is 0.944. The Bertz CT molecular complexity index is 701. The van der Waals surface area contributed by atoms with E-state index in [0.717, 1.165) is 6.92 Å². The number of ether oxygens (including phenoxy) is 2. The smallest absolute Gasteiger partial charge is 0.418 e. The minimum absolute atomic E-state index is 0.0949. The zero-order valence-corrected chi connectivity index (χ0v) is 16.9. The van der Waals surface area contributed by atoms with Crippen molar-refractivity contribution in [2.75, 3.05) is 0 Å². The van der Waals surface area contributed by atoms with Gasteiger partial charge in [-0.25, -0.2) is 0 Å². The number of rotatable bonds is 4. The zero-order chi connectivity index (χ0) is 25.0. The number of alkyl halides is 10. The van der Waals surface area contributed by atoms with Gasteiger partial charge >= 0.3 is 36.0 Å². The van der Waals surface area contributed by atoms with Gasteiger partial charge in [0, 0.05) is 5.92 Å². The van der Waals surface area contributed by atoms with Crippen molar-refractivity contribution in [2.45, 2.75) is 94.1 Å². The van der Waals surface area contributed by atoms with E-state index in [9.17, 15) is 45.0 Å². The van der Waals surface area contributed by atoms with Crippen LogP contribution in [0.4, 0.5) is 43.9 Å². The molecule has 1 saturated carbocycles. The Balaban J connectivity index is 2.84. The van der Waals surface area contributed by atoms with Gasteiger partial charge in [0.15, 0.2) is 0 Å². The summed E-state index contributed by atoms with van der Waals surface area (Å²) in [5.74, 6) is -23.8. The Morgan fingerprint density at radius 3 is 1.97 bits per heavy atom. The van der Waals surface area contributed by atoms with Crippen molar-refractivity contribution in [3.05, 3.63) is 0 Å². The van der Waals surface area contributed by atoms with Crippen LogP contribution in [0.15, 0.2) is 0 Å². The first-order valence-corrected chi connectivity index (χ1v) is 9.83. The third-order valence-corrected chi connectivity index (χ3v) is 6.14. The lowest BCUT2D eigenvalue weighted by atomic mass is 9.65. The topological polar surface area (TPSA) is 55.8 Å². The van der Waals surface area contributed by atoms with E-state index in [-0.39, 0.29) is 25.7 Å². The Morgan fingerprint density at radius 2 is 1.56 bits per heavy atom. The lowest BCUT2D eigenvalue weighted by Gasteiger charge is -2.58. The van der Waals surface area contributed by atoms with Crippen molar-refractivity contribution in [3.63, 3.8) is 0 Å². The maximum absolute atomic E-state index is 15.4. The minimum Gasteiger partial charge on any atom is -0.418 e. The summed E-state index contributed by atoms with van der Waals surface area (Å²) in [5.41, 5.74) is -5.18. The predicted octanol–water partition coefficient (Wildman–Crippen LogP) is 5.38. The van der Waals surface area contributed by atoms with Crippen LogP contribution >= 0.6 is 0 Å². The van der Waals surface area contributed by atoms with Gasteiger partial charge in [-0.15, -0.1) is 0 Å². The second-order valence-corrected chi connectivity index (χ2v) is 8.18. The molecule has 0 bridgehead atoms. The lowest BCUT2D eigenvalue weighted by Crippen LogP contribution is -2.85. The number of hydrogen-bond donors (Lipinski definition) is 1. The standard InChI is InChI=1S/C18H22F10O4/c1-3-9(2)11(29)31-17(18(26,27)28)16(24,25)13(30,10-7-5-4-6-8-10)14(19,20)12(32-17)15(21,22)23/h9-10,12,30H,3-8H2,1-2H3. The number of carbonyl (C=O) groups is 1. The van der Waals surface area contributed by atoms with Gasteiger partial charge in [-0.1, -0.05) is 33.1 Å². The molecule has 188 valence electrons. The zero-order valence-electron chi connectivity index (χ0n) is 16.9. The van der Waals surface area contributed by atoms with E-state index in [1.165, 1.54) is 6.92 Å². The molecule has 0 aromatic carbocycles. The van der Waals surface area contributed by atoms with Crippen LogP contribution in [0.5, 0.6) is 0 Å². The fourth-order valence-electron chi connectivity index (χ4n) is 4.10. The maximum Gasteiger partial charge on any atom is 0.462 e. The molecular weight excluding hydrogens is 470 g/mol. The van der Waals surface area contributed by atoms with Gasteiger partial charge < -0.3 is 14.6 Å². The molecule has 2 aliphatic rings. The van der Waals surface area contributed by atoms with Crippen molar-refractivity contribution in [3.8, 4) is 0 Å². The van der Waals surface area contributed by atoms with Gasteiger partial charge in [-0.3, -0.25) is 4.79 Å². The van der Waals surface area contributed by atoms with E-state index in [1.54, 1.807) is 0 Å². The molecule has 0 aromatic rings. The molecule has 1 heterocycles. The maximum atomic E-state index is 15.4. The Kier molecular flexibility index (Phi) is 6.88. The molecule has 2 fully saturated rings. The van der Waals surface area contributed by atoms with Crippen LogP contribution in [0.25, 0.3) is 0 Å². The van der Waals surface area contributed by atoms with Gasteiger partial charge in [0.2, 0.25) is 11.7 Å². The molecule has 4 nitrogen and oxygen atoms in total. The fourth-order valence-corrected chi connectivity index (χ4v) is 4.10. The molecule has 0 radical (unpaired) electrons. The molecule has 0 spiro atoms. The largest absolute Gasteiger partial charge is 0.462 e. The first-order valence-electron chi connectivity index (χ1n) is 9.83. The van der Waals surface area contributed by atoms with E-state index in [2.05, 4.69) is 9.47 Å². The number of aliphatic hydroxyl groups is 1. The Hall–Kier alpha value is -1.31. The van der Waals surface area contributed by atoms with E-state index in [1.807, 2.05) is 0 Å². The molecule has 1 aliphatic heterocycles. The summed E-state index contributed by atoms with van der Waals surface area (Å²) in [5, 5.41) is 10.5. The van der Waals surface area contributed by atoms with Gasteiger partial charge in [-0.05, 0) is 19.3 Å². The molecule has 1 aliphatic carbocycles. The van der Waals surface area contributed by atoms with Gasteiger partial charge in [0.1, 0.15) is 0 Å². The average Bonchev–Trinajstić information content (AvgIpc) is 2.66. The average molecular weight is 492 g/mol. The highest BCUT2D eigenvalue weighted by Gasteiger charge is 2.93. The molecule has 32 heavy (non-hydrogen) atoms. The quantitative estimate of drug-likeness (QED) is 0.423. The summed E-state index contributed by atoms with van der Waals surface area (Å²) in [6, 6.07) is 0. The summed E-state index contributed by atoms with van der Waals surface area (Å²) in [6.45, 7) is 2.16. The molecule has 4 unspecified atom stereocenters. The van der Waals surface area contributed by atoms with Crippen molar-refractivity contribution >= 4 is 5.97 Å². The number of esters is 1. The molecule has 0 amide bonds. The van der Waals surface area contributed by atoms with Crippen LogP contribution in [0.2, 0.25) is 0 Å². The highest BCUT2D eigenvalue weighted by Crippen LogP contribution is 2.65. The van der Waals surface area contributed by atoms with Crippen LogP contribution in [-0.4, -0.2) is 52.8 Å². The van der Waals surface area contributed by atoms with Crippen LogP contribution in [-0.2, 0) is 14.3 Å². The van der Waals surface area contributed by atoms with Gasteiger partial charge in [0.05, 0.1) is 5.92 Å². The summed E-state index contributed by atoms with van der Waals surface area (Å²) in [6.07, 6.45) is -19.3. The highest BCUT2D eigenvalue weighted by molar-refractivity contribution is 5.72. The van der Waals surface area contributed by atoms with E-state index < -0.39 is 72.3 Å².